The van der Waals surface area contributed by atoms with Gasteiger partial charge in [0.2, 0.25) is 11.8 Å². The lowest BCUT2D eigenvalue weighted by molar-refractivity contribution is -0.142. The van der Waals surface area contributed by atoms with Crippen molar-refractivity contribution >= 4 is 17.8 Å². The summed E-state index contributed by atoms with van der Waals surface area (Å²) in [6, 6.07) is -0.867. The number of nitrogens with one attached hydrogen (secondary N) is 2. The second-order valence-corrected chi connectivity index (χ2v) is 3.51. The second kappa shape index (κ2) is 4.77. The molecule has 84 valence electrons. The van der Waals surface area contributed by atoms with Crippen LogP contribution in [-0.4, -0.2) is 35.5 Å². The fourth-order valence-electron chi connectivity index (χ4n) is 1.42. The third kappa shape index (κ3) is 2.93. The van der Waals surface area contributed by atoms with Crippen LogP contribution >= 0.6 is 0 Å². The smallest absolute Gasteiger partial charge is 0.326 e. The molecule has 0 radical (unpaired) electrons. The highest BCUT2D eigenvalue weighted by Crippen LogP contribution is 2.09. The lowest BCUT2D eigenvalue weighted by Crippen LogP contribution is -2.43. The molecule has 1 fully saturated rings. The van der Waals surface area contributed by atoms with Crippen molar-refractivity contribution in [1.82, 2.24) is 10.6 Å². The van der Waals surface area contributed by atoms with Crippen LogP contribution in [0.3, 0.4) is 0 Å². The van der Waals surface area contributed by atoms with Gasteiger partial charge in [0.15, 0.2) is 0 Å². The van der Waals surface area contributed by atoms with Gasteiger partial charge in [0.05, 0.1) is 5.92 Å². The summed E-state index contributed by atoms with van der Waals surface area (Å²) in [6.07, 6.45) is 0.469. The number of aliphatic carboxylic acids is 1. The molecule has 0 bridgehead atoms. The molecule has 0 saturated carbocycles. The molecule has 1 saturated heterocycles. The summed E-state index contributed by atoms with van der Waals surface area (Å²) in [6.45, 7) is 1.97. The molecule has 1 aliphatic heterocycles. The minimum Gasteiger partial charge on any atom is -0.480 e. The molecular weight excluding hydrogens is 200 g/mol. The van der Waals surface area contributed by atoms with Gasteiger partial charge in [-0.1, -0.05) is 6.92 Å². The van der Waals surface area contributed by atoms with E-state index in [1.165, 1.54) is 0 Å². The average Bonchev–Trinajstić information content (AvgIpc) is 2.60. The van der Waals surface area contributed by atoms with E-state index in [2.05, 4.69) is 10.6 Å². The predicted molar refractivity (Wildman–Crippen MR) is 51.0 cm³/mol. The number of carbonyl (C=O) groups excluding carboxylic acids is 2. The maximum absolute atomic E-state index is 11.5. The van der Waals surface area contributed by atoms with E-state index in [-0.39, 0.29) is 18.2 Å². The standard InChI is InChI=1S/C9H14N2O4/c1-2-6(9(14)15)11-8(13)5-3-7(12)10-4-5/h5-6H,2-4H2,1H3,(H,10,12)(H,11,13)(H,14,15). The number of hydrogen-bond donors (Lipinski definition) is 3. The van der Waals surface area contributed by atoms with Crippen LogP contribution in [0.25, 0.3) is 0 Å². The van der Waals surface area contributed by atoms with Crippen molar-refractivity contribution in [2.75, 3.05) is 6.54 Å². The number of amides is 2. The first-order chi connectivity index (χ1) is 7.04. The van der Waals surface area contributed by atoms with Crippen LogP contribution in [0.1, 0.15) is 19.8 Å². The fraction of sp³-hybridized carbons (Fsp3) is 0.667. The van der Waals surface area contributed by atoms with Crippen molar-refractivity contribution in [2.24, 2.45) is 5.92 Å². The van der Waals surface area contributed by atoms with Gasteiger partial charge in [-0.3, -0.25) is 9.59 Å². The molecule has 1 aliphatic rings. The third-order valence-corrected chi connectivity index (χ3v) is 2.37. The maximum Gasteiger partial charge on any atom is 0.326 e. The quantitative estimate of drug-likeness (QED) is 0.565. The summed E-state index contributed by atoms with van der Waals surface area (Å²) in [5.41, 5.74) is 0. The van der Waals surface area contributed by atoms with Crippen molar-refractivity contribution in [1.29, 1.82) is 0 Å². The highest BCUT2D eigenvalue weighted by atomic mass is 16.4. The van der Waals surface area contributed by atoms with Crippen LogP contribution in [0, 0.1) is 5.92 Å². The zero-order valence-electron chi connectivity index (χ0n) is 8.45. The van der Waals surface area contributed by atoms with Gasteiger partial charge < -0.3 is 15.7 Å². The van der Waals surface area contributed by atoms with Gasteiger partial charge in [-0.05, 0) is 6.42 Å². The Hall–Kier alpha value is -1.59. The lowest BCUT2D eigenvalue weighted by Gasteiger charge is -2.14. The molecule has 2 amide bonds. The summed E-state index contributed by atoms with van der Waals surface area (Å²) in [4.78, 5) is 33.0. The number of hydrogen-bond acceptors (Lipinski definition) is 3. The number of carbonyl (C=O) groups is 3. The molecule has 0 aromatic heterocycles. The Kier molecular flexibility index (Phi) is 3.65. The zero-order chi connectivity index (χ0) is 11.4. The van der Waals surface area contributed by atoms with Crippen molar-refractivity contribution in [3.8, 4) is 0 Å². The monoisotopic (exact) mass is 214 g/mol. The van der Waals surface area contributed by atoms with E-state index < -0.39 is 17.9 Å². The van der Waals surface area contributed by atoms with Crippen LogP contribution in [0.4, 0.5) is 0 Å². The summed E-state index contributed by atoms with van der Waals surface area (Å²) in [7, 11) is 0. The van der Waals surface area contributed by atoms with E-state index >= 15 is 0 Å². The summed E-state index contributed by atoms with van der Waals surface area (Å²) in [5.74, 6) is -2.03. The molecule has 0 spiro atoms. The molecule has 2 atom stereocenters. The van der Waals surface area contributed by atoms with Crippen LogP contribution in [0.2, 0.25) is 0 Å². The first-order valence-electron chi connectivity index (χ1n) is 4.84. The lowest BCUT2D eigenvalue weighted by atomic mass is 10.1. The Morgan fingerprint density at radius 3 is 2.73 bits per heavy atom. The van der Waals surface area contributed by atoms with Gasteiger partial charge in [0.25, 0.3) is 0 Å². The molecule has 3 N–H and O–H groups in total. The zero-order valence-corrected chi connectivity index (χ0v) is 8.45. The highest BCUT2D eigenvalue weighted by molar-refractivity contribution is 5.91. The third-order valence-electron chi connectivity index (χ3n) is 2.37. The molecule has 1 heterocycles. The Morgan fingerprint density at radius 1 is 1.67 bits per heavy atom. The SMILES string of the molecule is CCC(NC(=O)C1CNC(=O)C1)C(=O)O. The van der Waals surface area contributed by atoms with Crippen molar-refractivity contribution < 1.29 is 19.5 Å². The maximum atomic E-state index is 11.5. The van der Waals surface area contributed by atoms with Gasteiger partial charge in [0, 0.05) is 13.0 Å². The molecule has 6 nitrogen and oxygen atoms in total. The first-order valence-corrected chi connectivity index (χ1v) is 4.84. The van der Waals surface area contributed by atoms with Crippen LogP contribution in [0.15, 0.2) is 0 Å². The molecule has 1 rings (SSSR count). The minimum absolute atomic E-state index is 0.141. The normalized spacial score (nSPS) is 21.9. The van der Waals surface area contributed by atoms with E-state index in [0.717, 1.165) is 0 Å². The summed E-state index contributed by atoms with van der Waals surface area (Å²) in [5, 5.41) is 13.6. The van der Waals surface area contributed by atoms with E-state index in [0.29, 0.717) is 13.0 Å². The van der Waals surface area contributed by atoms with Gasteiger partial charge in [0.1, 0.15) is 6.04 Å². The Morgan fingerprint density at radius 2 is 2.33 bits per heavy atom. The molecule has 2 unspecified atom stereocenters. The largest absolute Gasteiger partial charge is 0.480 e. The molecule has 0 aromatic rings. The van der Waals surface area contributed by atoms with Crippen LogP contribution in [-0.2, 0) is 14.4 Å². The Labute approximate surface area is 87.0 Å². The predicted octanol–water partition coefficient (Wildman–Crippen LogP) is -0.898. The molecule has 6 heteroatoms. The van der Waals surface area contributed by atoms with Crippen molar-refractivity contribution in [3.05, 3.63) is 0 Å². The van der Waals surface area contributed by atoms with Crippen molar-refractivity contribution in [2.45, 2.75) is 25.8 Å². The van der Waals surface area contributed by atoms with Crippen LogP contribution < -0.4 is 10.6 Å². The first kappa shape index (κ1) is 11.5. The van der Waals surface area contributed by atoms with E-state index in [9.17, 15) is 14.4 Å². The fourth-order valence-corrected chi connectivity index (χ4v) is 1.42. The Balaban J connectivity index is 2.47. The summed E-state index contributed by atoms with van der Waals surface area (Å²) < 4.78 is 0. The highest BCUT2D eigenvalue weighted by Gasteiger charge is 2.30. The summed E-state index contributed by atoms with van der Waals surface area (Å²) >= 11 is 0. The van der Waals surface area contributed by atoms with Crippen molar-refractivity contribution in [3.63, 3.8) is 0 Å². The van der Waals surface area contributed by atoms with Gasteiger partial charge in [-0.15, -0.1) is 0 Å². The molecule has 0 aromatic carbocycles. The Bertz CT molecular complexity index is 290. The number of carboxylic acid groups (broad SMARTS) is 1. The second-order valence-electron chi connectivity index (χ2n) is 3.51. The molecule has 15 heavy (non-hydrogen) atoms. The van der Waals surface area contributed by atoms with E-state index in [1.807, 2.05) is 0 Å². The molecular formula is C9H14N2O4. The van der Waals surface area contributed by atoms with Gasteiger partial charge in [-0.2, -0.15) is 0 Å². The van der Waals surface area contributed by atoms with E-state index in [4.69, 9.17) is 5.11 Å². The van der Waals surface area contributed by atoms with E-state index in [1.54, 1.807) is 6.92 Å². The number of carboxylic acids is 1. The molecule has 0 aliphatic carbocycles. The van der Waals surface area contributed by atoms with Gasteiger partial charge >= 0.3 is 5.97 Å². The number of rotatable bonds is 4. The minimum atomic E-state index is -1.05. The average molecular weight is 214 g/mol. The topological polar surface area (TPSA) is 95.5 Å². The van der Waals surface area contributed by atoms with Crippen LogP contribution in [0.5, 0.6) is 0 Å². The van der Waals surface area contributed by atoms with Gasteiger partial charge in [-0.25, -0.2) is 4.79 Å².